The number of benzene rings is 4. The Balaban J connectivity index is 1.58. The molecular formula is C36H31F3N2O8. The van der Waals surface area contributed by atoms with Crippen LogP contribution in [-0.4, -0.2) is 65.5 Å². The maximum atomic E-state index is 13.5. The molecule has 0 fully saturated rings. The predicted octanol–water partition coefficient (Wildman–Crippen LogP) is 5.83. The lowest BCUT2D eigenvalue weighted by molar-refractivity contribution is -0.164. The van der Waals surface area contributed by atoms with Crippen LogP contribution in [0.2, 0.25) is 0 Å². The molecule has 0 saturated heterocycles. The molecule has 13 heteroatoms. The molecule has 0 aliphatic carbocycles. The quantitative estimate of drug-likeness (QED) is 0.133. The third kappa shape index (κ3) is 7.95. The molecule has 2 amide bonds. The summed E-state index contributed by atoms with van der Waals surface area (Å²) in [6, 6.07) is 20.4. The number of alkyl halides is 3. The number of hydrogen-bond acceptors (Lipinski definition) is 6. The number of esters is 1. The lowest BCUT2D eigenvalue weighted by Gasteiger charge is -2.25. The molecule has 254 valence electrons. The maximum absolute atomic E-state index is 13.5. The average Bonchev–Trinajstić information content (AvgIpc) is 3.05. The van der Waals surface area contributed by atoms with Crippen LogP contribution in [0.3, 0.4) is 0 Å². The van der Waals surface area contributed by atoms with Crippen molar-refractivity contribution in [2.75, 3.05) is 26.0 Å². The Morgan fingerprint density at radius 1 is 0.776 bits per heavy atom. The summed E-state index contributed by atoms with van der Waals surface area (Å²) in [4.78, 5) is 65.1. The van der Waals surface area contributed by atoms with E-state index >= 15 is 0 Å². The van der Waals surface area contributed by atoms with Crippen LogP contribution in [0.4, 0.5) is 18.9 Å². The van der Waals surface area contributed by atoms with Gasteiger partial charge in [-0.25, -0.2) is 0 Å². The van der Waals surface area contributed by atoms with Gasteiger partial charge < -0.3 is 25.2 Å². The number of carboxylic acids is 2. The number of nitrogens with zero attached hydrogens (tertiary/aromatic N) is 1. The first-order valence-corrected chi connectivity index (χ1v) is 14.7. The number of aliphatic carboxylic acids is 2. The van der Waals surface area contributed by atoms with Crippen LogP contribution >= 0.6 is 0 Å². The number of carbonyl (C=O) groups excluding carboxylic acids is 3. The molecule has 0 unspecified atom stereocenters. The van der Waals surface area contributed by atoms with Gasteiger partial charge in [0.05, 0.1) is 23.2 Å². The van der Waals surface area contributed by atoms with Crippen LogP contribution in [0.25, 0.3) is 11.1 Å². The SMILES string of the molecule is Cc1ccc(C(COC(=O)Cc2ccc(NC(=O)c3ccccc3-c3ccc(C(F)(F)F)cc3)c(C(=O)N(C)C)c2)(C(=O)O)C(=O)O)cc1. The summed E-state index contributed by atoms with van der Waals surface area (Å²) in [6.07, 6.45) is -5.00. The monoisotopic (exact) mass is 676 g/mol. The zero-order chi connectivity index (χ0) is 36.1. The van der Waals surface area contributed by atoms with Crippen molar-refractivity contribution in [2.24, 2.45) is 0 Å². The van der Waals surface area contributed by atoms with E-state index in [1.54, 1.807) is 25.1 Å². The van der Waals surface area contributed by atoms with Gasteiger partial charge in [0.2, 0.25) is 5.41 Å². The second kappa shape index (κ2) is 14.4. The molecule has 4 aromatic rings. The van der Waals surface area contributed by atoms with Gasteiger partial charge in [0.1, 0.15) is 6.61 Å². The van der Waals surface area contributed by atoms with Crippen molar-refractivity contribution < 1.29 is 52.1 Å². The Kier molecular flexibility index (Phi) is 10.6. The minimum atomic E-state index is -4.53. The largest absolute Gasteiger partial charge is 0.480 e. The Morgan fingerprint density at radius 2 is 1.37 bits per heavy atom. The summed E-state index contributed by atoms with van der Waals surface area (Å²) in [6.45, 7) is 0.733. The van der Waals surface area contributed by atoms with Crippen molar-refractivity contribution in [1.29, 1.82) is 0 Å². The van der Waals surface area contributed by atoms with Gasteiger partial charge in [-0.3, -0.25) is 24.0 Å². The Bertz CT molecular complexity index is 1890. The smallest absolute Gasteiger partial charge is 0.416 e. The zero-order valence-electron chi connectivity index (χ0n) is 26.5. The molecule has 0 aliphatic rings. The standard InChI is InChI=1S/C36H31F3N2O8/c1-21-8-13-24(14-9-21)35(33(45)46,34(47)48)20-49-30(42)19-22-10-17-29(28(18-22)32(44)41(2)3)40-31(43)27-7-5-4-6-26(27)23-11-15-25(16-12-23)36(37,38)39/h4-18H,19-20H2,1-3H3,(H,40,43)(H,45,46)(H,47,48). The Labute approximate surface area is 278 Å². The highest BCUT2D eigenvalue weighted by atomic mass is 19.4. The van der Waals surface area contributed by atoms with Gasteiger partial charge in [-0.15, -0.1) is 0 Å². The second-order valence-electron chi connectivity index (χ2n) is 11.4. The van der Waals surface area contributed by atoms with E-state index in [1.165, 1.54) is 79.7 Å². The molecule has 0 radical (unpaired) electrons. The summed E-state index contributed by atoms with van der Waals surface area (Å²) in [5.41, 5.74) is -1.63. The van der Waals surface area contributed by atoms with Crippen molar-refractivity contribution in [2.45, 2.75) is 24.9 Å². The highest BCUT2D eigenvalue weighted by molar-refractivity contribution is 6.12. The zero-order valence-corrected chi connectivity index (χ0v) is 26.5. The van der Waals surface area contributed by atoms with Gasteiger partial charge in [0, 0.05) is 19.7 Å². The first-order chi connectivity index (χ1) is 23.0. The summed E-state index contributed by atoms with van der Waals surface area (Å²) < 4.78 is 44.4. The van der Waals surface area contributed by atoms with Crippen LogP contribution < -0.4 is 5.32 Å². The number of nitrogens with one attached hydrogen (secondary N) is 1. The van der Waals surface area contributed by atoms with Gasteiger partial charge in [-0.1, -0.05) is 66.2 Å². The van der Waals surface area contributed by atoms with E-state index in [9.17, 15) is 47.4 Å². The van der Waals surface area contributed by atoms with Crippen molar-refractivity contribution in [1.82, 2.24) is 4.90 Å². The molecular weight excluding hydrogens is 645 g/mol. The first-order valence-electron chi connectivity index (χ1n) is 14.7. The molecule has 4 aromatic carbocycles. The van der Waals surface area contributed by atoms with Crippen LogP contribution in [0.1, 0.15) is 43.0 Å². The minimum absolute atomic E-state index is 0.0132. The highest BCUT2D eigenvalue weighted by Gasteiger charge is 2.50. The molecule has 0 bridgehead atoms. The van der Waals surface area contributed by atoms with E-state index < -0.39 is 59.9 Å². The molecule has 0 spiro atoms. The summed E-state index contributed by atoms with van der Waals surface area (Å²) in [5, 5.41) is 22.4. The number of amides is 2. The van der Waals surface area contributed by atoms with E-state index in [2.05, 4.69) is 5.32 Å². The predicted molar refractivity (Wildman–Crippen MR) is 172 cm³/mol. The topological polar surface area (TPSA) is 150 Å². The van der Waals surface area contributed by atoms with Crippen LogP contribution in [0, 0.1) is 6.92 Å². The fourth-order valence-electron chi connectivity index (χ4n) is 4.98. The van der Waals surface area contributed by atoms with E-state index in [0.717, 1.165) is 17.7 Å². The molecule has 0 aliphatic heterocycles. The fourth-order valence-corrected chi connectivity index (χ4v) is 4.98. The number of hydrogen-bond donors (Lipinski definition) is 3. The summed E-state index contributed by atoms with van der Waals surface area (Å²) >= 11 is 0. The van der Waals surface area contributed by atoms with Crippen molar-refractivity contribution in [3.8, 4) is 11.1 Å². The molecule has 0 aromatic heterocycles. The lowest BCUT2D eigenvalue weighted by atomic mass is 9.81. The molecule has 0 atom stereocenters. The van der Waals surface area contributed by atoms with E-state index in [0.29, 0.717) is 11.1 Å². The van der Waals surface area contributed by atoms with Crippen LogP contribution in [0.15, 0.2) is 91.0 Å². The Morgan fingerprint density at radius 3 is 1.94 bits per heavy atom. The van der Waals surface area contributed by atoms with Gasteiger partial charge in [0.25, 0.3) is 11.8 Å². The normalized spacial score (nSPS) is 11.4. The van der Waals surface area contributed by atoms with Gasteiger partial charge >= 0.3 is 24.1 Å². The summed E-state index contributed by atoms with van der Waals surface area (Å²) in [7, 11) is 2.94. The van der Waals surface area contributed by atoms with Crippen molar-refractivity contribution in [3.63, 3.8) is 0 Å². The number of carboxylic acid groups (broad SMARTS) is 2. The number of anilines is 1. The van der Waals surface area contributed by atoms with E-state index in [-0.39, 0.29) is 27.9 Å². The average molecular weight is 677 g/mol. The number of aryl methyl sites for hydroxylation is 1. The number of rotatable bonds is 11. The molecule has 4 rings (SSSR count). The van der Waals surface area contributed by atoms with E-state index in [4.69, 9.17) is 4.74 Å². The summed E-state index contributed by atoms with van der Waals surface area (Å²) in [5.74, 6) is -5.63. The van der Waals surface area contributed by atoms with Gasteiger partial charge in [-0.2, -0.15) is 13.2 Å². The molecule has 10 nitrogen and oxygen atoms in total. The Hall–Kier alpha value is -5.98. The number of halogens is 3. The third-order valence-corrected chi connectivity index (χ3v) is 7.74. The second-order valence-corrected chi connectivity index (χ2v) is 11.4. The van der Waals surface area contributed by atoms with Gasteiger partial charge in [-0.05, 0) is 59.5 Å². The molecule has 49 heavy (non-hydrogen) atoms. The molecule has 0 heterocycles. The van der Waals surface area contributed by atoms with Gasteiger partial charge in [0.15, 0.2) is 0 Å². The van der Waals surface area contributed by atoms with Crippen LogP contribution in [-0.2, 0) is 37.1 Å². The molecule has 0 saturated carbocycles. The number of carbonyl (C=O) groups is 5. The lowest BCUT2D eigenvalue weighted by Crippen LogP contribution is -2.48. The highest BCUT2D eigenvalue weighted by Crippen LogP contribution is 2.33. The number of ether oxygens (including phenoxy) is 1. The first kappa shape index (κ1) is 35.9. The van der Waals surface area contributed by atoms with E-state index in [1.807, 2.05) is 0 Å². The van der Waals surface area contributed by atoms with Crippen molar-refractivity contribution >= 4 is 35.4 Å². The molecule has 3 N–H and O–H groups in total. The fraction of sp³-hybridized carbons (Fsp3) is 0.194. The van der Waals surface area contributed by atoms with Crippen LogP contribution in [0.5, 0.6) is 0 Å². The van der Waals surface area contributed by atoms with Crippen molar-refractivity contribution in [3.05, 3.63) is 124 Å². The third-order valence-electron chi connectivity index (χ3n) is 7.74. The maximum Gasteiger partial charge on any atom is 0.416 e. The minimum Gasteiger partial charge on any atom is -0.480 e.